The first-order chi connectivity index (χ1) is 8.54. The number of nitrogens with zero attached hydrogens (tertiary/aromatic N) is 2. The summed E-state index contributed by atoms with van der Waals surface area (Å²) in [6, 6.07) is 4.12. The number of hydrogen-bond acceptors (Lipinski definition) is 4. The van der Waals surface area contributed by atoms with E-state index in [4.69, 9.17) is 11.5 Å². The normalized spacial score (nSPS) is 23.3. The summed E-state index contributed by atoms with van der Waals surface area (Å²) in [4.78, 5) is 17.8. The molecular weight excluding hydrogens is 228 g/mol. The third-order valence-electron chi connectivity index (χ3n) is 3.66. The van der Waals surface area contributed by atoms with Crippen LogP contribution in [0.1, 0.15) is 43.6 Å². The van der Waals surface area contributed by atoms with E-state index in [0.29, 0.717) is 23.6 Å². The van der Waals surface area contributed by atoms with Gasteiger partial charge >= 0.3 is 0 Å². The highest BCUT2D eigenvalue weighted by molar-refractivity contribution is 5.92. The fraction of sp³-hybridized carbons (Fsp3) is 0.538. The summed E-state index contributed by atoms with van der Waals surface area (Å²) < 4.78 is 0. The molecule has 0 radical (unpaired) electrons. The number of primary amides is 1. The largest absolute Gasteiger partial charge is 0.396 e. The van der Waals surface area contributed by atoms with E-state index in [2.05, 4.69) is 23.7 Å². The summed E-state index contributed by atoms with van der Waals surface area (Å²) in [5.74, 6) is 0.180. The Morgan fingerprint density at radius 3 is 2.83 bits per heavy atom. The third-order valence-corrected chi connectivity index (χ3v) is 3.66. The minimum absolute atomic E-state index is 0.271. The lowest BCUT2D eigenvalue weighted by Crippen LogP contribution is -2.35. The zero-order valence-corrected chi connectivity index (χ0v) is 10.9. The Labute approximate surface area is 107 Å². The van der Waals surface area contributed by atoms with Gasteiger partial charge in [-0.3, -0.25) is 4.79 Å². The van der Waals surface area contributed by atoms with Crippen molar-refractivity contribution >= 4 is 17.4 Å². The number of carbonyl (C=O) groups excluding carboxylic acids is 1. The molecule has 2 unspecified atom stereocenters. The highest BCUT2D eigenvalue weighted by atomic mass is 16.1. The van der Waals surface area contributed by atoms with E-state index < -0.39 is 5.91 Å². The number of nitrogen functional groups attached to an aromatic ring is 1. The number of nitrogens with two attached hydrogens (primary N) is 2. The molecule has 2 heterocycles. The van der Waals surface area contributed by atoms with Crippen molar-refractivity contribution < 1.29 is 4.79 Å². The molecule has 18 heavy (non-hydrogen) atoms. The average Bonchev–Trinajstić information content (AvgIpc) is 2.71. The van der Waals surface area contributed by atoms with E-state index >= 15 is 0 Å². The number of amides is 1. The monoisotopic (exact) mass is 248 g/mol. The van der Waals surface area contributed by atoms with E-state index in [1.54, 1.807) is 12.1 Å². The predicted molar refractivity (Wildman–Crippen MR) is 72.4 cm³/mol. The maximum absolute atomic E-state index is 11.2. The molecule has 1 aromatic heterocycles. The number of anilines is 2. The summed E-state index contributed by atoms with van der Waals surface area (Å²) in [6.07, 6.45) is 3.31. The Kier molecular flexibility index (Phi) is 3.41. The van der Waals surface area contributed by atoms with Crippen molar-refractivity contribution in [2.75, 3.05) is 10.6 Å². The maximum atomic E-state index is 11.2. The van der Waals surface area contributed by atoms with Crippen LogP contribution in [0.15, 0.2) is 12.1 Å². The molecule has 0 spiro atoms. The lowest BCUT2D eigenvalue weighted by Gasteiger charge is -2.30. The van der Waals surface area contributed by atoms with Crippen LogP contribution >= 0.6 is 0 Å². The van der Waals surface area contributed by atoms with E-state index in [0.717, 1.165) is 19.3 Å². The van der Waals surface area contributed by atoms with Crippen LogP contribution in [0.25, 0.3) is 0 Å². The number of rotatable bonds is 3. The second kappa shape index (κ2) is 4.84. The van der Waals surface area contributed by atoms with Gasteiger partial charge in [0.15, 0.2) is 5.82 Å². The standard InChI is InChI=1S/C13H20N4O/c1-3-9-5-4-8(2)17(9)13-10(14)6-7-11(16-13)12(15)18/h6-9H,3-5,14H2,1-2H3,(H2,15,18). The Morgan fingerprint density at radius 2 is 2.22 bits per heavy atom. The van der Waals surface area contributed by atoms with Crippen LogP contribution in [0.3, 0.4) is 0 Å². The van der Waals surface area contributed by atoms with Crippen molar-refractivity contribution in [2.45, 2.75) is 45.2 Å². The molecule has 1 amide bonds. The van der Waals surface area contributed by atoms with Crippen LogP contribution in [0.4, 0.5) is 11.5 Å². The van der Waals surface area contributed by atoms with Crippen LogP contribution in [0, 0.1) is 0 Å². The first kappa shape index (κ1) is 12.7. The van der Waals surface area contributed by atoms with Gasteiger partial charge in [0.1, 0.15) is 5.69 Å². The smallest absolute Gasteiger partial charge is 0.267 e. The van der Waals surface area contributed by atoms with Crippen LogP contribution in [-0.4, -0.2) is 23.0 Å². The zero-order chi connectivity index (χ0) is 13.3. The van der Waals surface area contributed by atoms with Gasteiger partial charge in [0.2, 0.25) is 0 Å². The Morgan fingerprint density at radius 1 is 1.50 bits per heavy atom. The summed E-state index contributed by atoms with van der Waals surface area (Å²) in [5, 5.41) is 0. The van der Waals surface area contributed by atoms with E-state index in [1.807, 2.05) is 0 Å². The van der Waals surface area contributed by atoms with E-state index in [9.17, 15) is 4.79 Å². The fourth-order valence-corrected chi connectivity index (χ4v) is 2.66. The summed E-state index contributed by atoms with van der Waals surface area (Å²) in [6.45, 7) is 4.32. The van der Waals surface area contributed by atoms with Gasteiger partial charge in [0.25, 0.3) is 5.91 Å². The van der Waals surface area contributed by atoms with Gasteiger partial charge in [-0.2, -0.15) is 0 Å². The van der Waals surface area contributed by atoms with Crippen LogP contribution in [0.5, 0.6) is 0 Å². The van der Waals surface area contributed by atoms with Crippen molar-refractivity contribution in [3.8, 4) is 0 Å². The zero-order valence-electron chi connectivity index (χ0n) is 10.9. The Balaban J connectivity index is 2.42. The van der Waals surface area contributed by atoms with Crippen LogP contribution in [0.2, 0.25) is 0 Å². The van der Waals surface area contributed by atoms with Crippen LogP contribution in [-0.2, 0) is 0 Å². The molecule has 1 saturated heterocycles. The Hall–Kier alpha value is -1.78. The molecule has 0 saturated carbocycles. The average molecular weight is 248 g/mol. The molecule has 0 bridgehead atoms. The topological polar surface area (TPSA) is 85.2 Å². The van der Waals surface area contributed by atoms with Gasteiger partial charge in [-0.25, -0.2) is 4.98 Å². The van der Waals surface area contributed by atoms with Crippen molar-refractivity contribution in [1.82, 2.24) is 4.98 Å². The van der Waals surface area contributed by atoms with Gasteiger partial charge in [-0.05, 0) is 38.3 Å². The van der Waals surface area contributed by atoms with Gasteiger partial charge in [-0.1, -0.05) is 6.92 Å². The minimum Gasteiger partial charge on any atom is -0.396 e. The summed E-state index contributed by atoms with van der Waals surface area (Å²) in [5.41, 5.74) is 12.1. The molecule has 0 aromatic carbocycles. The van der Waals surface area contributed by atoms with Crippen molar-refractivity contribution in [3.63, 3.8) is 0 Å². The number of carbonyl (C=O) groups is 1. The lowest BCUT2D eigenvalue weighted by molar-refractivity contribution is 0.0995. The molecular formula is C13H20N4O. The highest BCUT2D eigenvalue weighted by Gasteiger charge is 2.31. The quantitative estimate of drug-likeness (QED) is 0.849. The molecule has 1 fully saturated rings. The molecule has 4 N–H and O–H groups in total. The third kappa shape index (κ3) is 2.12. The van der Waals surface area contributed by atoms with E-state index in [1.165, 1.54) is 0 Å². The fourth-order valence-electron chi connectivity index (χ4n) is 2.66. The van der Waals surface area contributed by atoms with Gasteiger partial charge in [-0.15, -0.1) is 0 Å². The summed E-state index contributed by atoms with van der Waals surface area (Å²) in [7, 11) is 0. The SMILES string of the molecule is CCC1CCC(C)N1c1nc(C(N)=O)ccc1N. The molecule has 2 atom stereocenters. The van der Waals surface area contributed by atoms with Crippen LogP contribution < -0.4 is 16.4 Å². The molecule has 1 aliphatic heterocycles. The van der Waals surface area contributed by atoms with Crippen molar-refractivity contribution in [1.29, 1.82) is 0 Å². The first-order valence-corrected chi connectivity index (χ1v) is 6.39. The number of aromatic nitrogens is 1. The van der Waals surface area contributed by atoms with Gasteiger partial charge in [0, 0.05) is 12.1 Å². The minimum atomic E-state index is -0.517. The van der Waals surface area contributed by atoms with Crippen molar-refractivity contribution in [3.05, 3.63) is 17.8 Å². The second-order valence-corrected chi connectivity index (χ2v) is 4.87. The second-order valence-electron chi connectivity index (χ2n) is 4.87. The number of pyridine rings is 1. The lowest BCUT2D eigenvalue weighted by atomic mass is 10.1. The summed E-state index contributed by atoms with van der Waals surface area (Å²) >= 11 is 0. The predicted octanol–water partition coefficient (Wildman–Crippen LogP) is 1.53. The van der Waals surface area contributed by atoms with Crippen molar-refractivity contribution in [2.24, 2.45) is 5.73 Å². The molecule has 1 aliphatic rings. The molecule has 1 aromatic rings. The molecule has 2 rings (SSSR count). The molecule has 98 valence electrons. The molecule has 5 nitrogen and oxygen atoms in total. The maximum Gasteiger partial charge on any atom is 0.267 e. The molecule has 5 heteroatoms. The Bertz CT molecular complexity index is 460. The van der Waals surface area contributed by atoms with E-state index in [-0.39, 0.29) is 5.69 Å². The highest BCUT2D eigenvalue weighted by Crippen LogP contribution is 2.34. The number of hydrogen-bond donors (Lipinski definition) is 2. The van der Waals surface area contributed by atoms with Gasteiger partial charge < -0.3 is 16.4 Å². The molecule has 0 aliphatic carbocycles. The first-order valence-electron chi connectivity index (χ1n) is 6.39. The van der Waals surface area contributed by atoms with Gasteiger partial charge in [0.05, 0.1) is 5.69 Å².